The van der Waals surface area contributed by atoms with E-state index in [9.17, 15) is 5.11 Å². The predicted octanol–water partition coefficient (Wildman–Crippen LogP) is 2.53. The van der Waals surface area contributed by atoms with Crippen LogP contribution in [0, 0.1) is 0 Å². The molecule has 0 aromatic heterocycles. The fourth-order valence-electron chi connectivity index (χ4n) is 3.76. The zero-order valence-corrected chi connectivity index (χ0v) is 9.15. The zero-order chi connectivity index (χ0) is 11.7. The van der Waals surface area contributed by atoms with Crippen LogP contribution in [0.5, 0.6) is 0 Å². The summed E-state index contributed by atoms with van der Waals surface area (Å²) in [6, 6.07) is 8.45. The molecule has 2 unspecified atom stereocenters. The van der Waals surface area contributed by atoms with Crippen LogP contribution < -0.4 is 0 Å². The first-order valence-electron chi connectivity index (χ1n) is 6.58. The Labute approximate surface area is 96.6 Å². The summed E-state index contributed by atoms with van der Waals surface area (Å²) in [5.74, 6) is -0.489. The van der Waals surface area contributed by atoms with Crippen molar-refractivity contribution in [3.63, 3.8) is 0 Å². The lowest BCUT2D eigenvalue weighted by molar-refractivity contribution is -0.280. The summed E-state index contributed by atoms with van der Waals surface area (Å²) in [5, 5.41) is 10.5. The van der Waals surface area contributed by atoms with Gasteiger partial charge < -0.3 is 9.84 Å². The molecular weight excluding hydrogens is 200 g/mol. The van der Waals surface area contributed by atoms with Crippen LogP contribution in [0.2, 0.25) is 0 Å². The Morgan fingerprint density at radius 1 is 1.19 bits per heavy atom. The molecule has 2 heteroatoms. The van der Waals surface area contributed by atoms with Crippen molar-refractivity contribution in [1.29, 1.82) is 0 Å². The van der Waals surface area contributed by atoms with Crippen molar-refractivity contribution in [2.75, 3.05) is 0 Å². The SMILES string of the molecule is [2H]C12CC3CC(O)(CC(C1)c1ccccc13)O2. The summed E-state index contributed by atoms with van der Waals surface area (Å²) in [4.78, 5) is 0. The van der Waals surface area contributed by atoms with Crippen LogP contribution in [0.15, 0.2) is 24.3 Å². The van der Waals surface area contributed by atoms with E-state index in [0.29, 0.717) is 12.8 Å². The van der Waals surface area contributed by atoms with Gasteiger partial charge in [-0.3, -0.25) is 0 Å². The smallest absolute Gasteiger partial charge is 0.166 e. The van der Waals surface area contributed by atoms with Gasteiger partial charge in [0.1, 0.15) is 0 Å². The molecule has 2 saturated heterocycles. The molecule has 0 spiro atoms. The summed E-state index contributed by atoms with van der Waals surface area (Å²) in [7, 11) is 0. The van der Waals surface area contributed by atoms with Crippen molar-refractivity contribution in [2.45, 2.75) is 49.4 Å². The van der Waals surface area contributed by atoms with Crippen molar-refractivity contribution in [3.05, 3.63) is 35.4 Å². The molecule has 5 rings (SSSR count). The Kier molecular flexibility index (Phi) is 1.48. The Balaban J connectivity index is 1.93. The van der Waals surface area contributed by atoms with Gasteiger partial charge in [0, 0.05) is 12.8 Å². The minimum atomic E-state index is -1.06. The van der Waals surface area contributed by atoms with Crippen LogP contribution in [-0.4, -0.2) is 17.0 Å². The van der Waals surface area contributed by atoms with E-state index < -0.39 is 11.9 Å². The van der Waals surface area contributed by atoms with Crippen LogP contribution in [0.3, 0.4) is 0 Å². The van der Waals surface area contributed by atoms with E-state index >= 15 is 0 Å². The first-order chi connectivity index (χ1) is 8.07. The number of ether oxygens (including phenoxy) is 1. The lowest BCUT2D eigenvalue weighted by Gasteiger charge is -2.44. The fourth-order valence-corrected chi connectivity index (χ4v) is 3.76. The highest BCUT2D eigenvalue weighted by molar-refractivity contribution is 5.37. The third-order valence-corrected chi connectivity index (χ3v) is 4.29. The molecule has 2 fully saturated rings. The van der Waals surface area contributed by atoms with E-state index in [1.54, 1.807) is 0 Å². The highest BCUT2D eigenvalue weighted by Gasteiger charge is 2.50. The molecule has 2 atom stereocenters. The van der Waals surface area contributed by atoms with Gasteiger partial charge in [-0.1, -0.05) is 24.3 Å². The van der Waals surface area contributed by atoms with Gasteiger partial charge in [-0.15, -0.1) is 0 Å². The van der Waals surface area contributed by atoms with Crippen molar-refractivity contribution in [3.8, 4) is 0 Å². The fraction of sp³-hybridized carbons (Fsp3) is 0.571. The number of hydrogen-bond acceptors (Lipinski definition) is 2. The maximum Gasteiger partial charge on any atom is 0.166 e. The van der Waals surface area contributed by atoms with Crippen LogP contribution in [-0.2, 0) is 4.74 Å². The molecule has 4 bridgehead atoms. The van der Waals surface area contributed by atoms with Gasteiger partial charge in [0.05, 0.1) is 7.45 Å². The predicted molar refractivity (Wildman–Crippen MR) is 60.2 cm³/mol. The topological polar surface area (TPSA) is 29.5 Å². The van der Waals surface area contributed by atoms with Gasteiger partial charge in [0.15, 0.2) is 5.79 Å². The molecule has 2 aliphatic heterocycles. The Hall–Kier alpha value is -0.860. The van der Waals surface area contributed by atoms with Gasteiger partial charge in [-0.2, -0.15) is 0 Å². The lowest BCUT2D eigenvalue weighted by atomic mass is 9.81. The largest absolute Gasteiger partial charge is 0.365 e. The maximum atomic E-state index is 10.5. The average Bonchev–Trinajstić information content (AvgIpc) is 2.38. The lowest BCUT2D eigenvalue weighted by Crippen LogP contribution is -2.47. The van der Waals surface area contributed by atoms with E-state index in [0.717, 1.165) is 12.8 Å². The second-order valence-electron chi connectivity index (χ2n) is 5.43. The van der Waals surface area contributed by atoms with E-state index in [2.05, 4.69) is 24.3 Å². The van der Waals surface area contributed by atoms with Gasteiger partial charge >= 0.3 is 0 Å². The quantitative estimate of drug-likeness (QED) is 0.723. The van der Waals surface area contributed by atoms with E-state index in [1.165, 1.54) is 11.1 Å². The van der Waals surface area contributed by atoms with E-state index in [4.69, 9.17) is 6.11 Å². The summed E-state index contributed by atoms with van der Waals surface area (Å²) >= 11 is 0. The van der Waals surface area contributed by atoms with Gasteiger partial charge in [0.2, 0.25) is 0 Å². The monoisotopic (exact) mass is 217 g/mol. The molecule has 0 radical (unpaired) electrons. The van der Waals surface area contributed by atoms with Crippen molar-refractivity contribution in [1.82, 2.24) is 0 Å². The minimum absolute atomic E-state index is 0.287. The molecule has 1 N–H and O–H groups in total. The van der Waals surface area contributed by atoms with Gasteiger partial charge in [0.25, 0.3) is 0 Å². The first kappa shape index (κ1) is 8.26. The van der Waals surface area contributed by atoms with Crippen molar-refractivity contribution in [2.24, 2.45) is 0 Å². The normalized spacial score (nSPS) is 49.7. The molecule has 2 nitrogen and oxygen atoms in total. The second kappa shape index (κ2) is 2.88. The van der Waals surface area contributed by atoms with Crippen LogP contribution in [0.1, 0.15) is 50.0 Å². The van der Waals surface area contributed by atoms with Crippen LogP contribution >= 0.6 is 0 Å². The summed E-state index contributed by atoms with van der Waals surface area (Å²) < 4.78 is 14.0. The average molecular weight is 217 g/mol. The third-order valence-electron chi connectivity index (χ3n) is 4.29. The highest BCUT2D eigenvalue weighted by atomic mass is 16.6. The zero-order valence-electron chi connectivity index (χ0n) is 10.1. The van der Waals surface area contributed by atoms with Gasteiger partial charge in [-0.05, 0) is 35.8 Å². The molecule has 1 aromatic carbocycles. The molecule has 2 heterocycles. The summed E-state index contributed by atoms with van der Waals surface area (Å²) in [5.41, 5.74) is 2.68. The maximum absolute atomic E-state index is 10.5. The molecular formula is C14H16O2. The molecule has 2 aliphatic carbocycles. The third kappa shape index (κ3) is 1.14. The number of benzene rings is 1. The molecule has 16 heavy (non-hydrogen) atoms. The Morgan fingerprint density at radius 2 is 1.75 bits per heavy atom. The van der Waals surface area contributed by atoms with E-state index in [1.807, 2.05) is 0 Å². The number of hydrogen-bond donors (Lipinski definition) is 1. The Bertz CT molecular complexity index is 430. The number of aliphatic hydroxyl groups is 1. The first-order valence-corrected chi connectivity index (χ1v) is 6.08. The summed E-state index contributed by atoms with van der Waals surface area (Å²) in [6.45, 7) is 0. The van der Waals surface area contributed by atoms with Crippen molar-refractivity contribution < 1.29 is 11.2 Å². The second-order valence-corrected chi connectivity index (χ2v) is 5.43. The molecule has 4 aliphatic rings. The van der Waals surface area contributed by atoms with Gasteiger partial charge in [-0.25, -0.2) is 0 Å². The van der Waals surface area contributed by atoms with Crippen molar-refractivity contribution >= 4 is 0 Å². The molecule has 0 amide bonds. The van der Waals surface area contributed by atoms with Crippen LogP contribution in [0.4, 0.5) is 0 Å². The number of rotatable bonds is 0. The Morgan fingerprint density at radius 3 is 2.25 bits per heavy atom. The van der Waals surface area contributed by atoms with Crippen LogP contribution in [0.25, 0.3) is 0 Å². The standard InChI is InChI=1S/C14H16O2/c15-14-7-9-5-11(16-14)6-10(8-14)13-4-2-1-3-12(9)13/h1-4,9-11,15H,5-8H2/i11D. The highest BCUT2D eigenvalue weighted by Crippen LogP contribution is 2.54. The molecule has 1 aromatic rings. The molecule has 84 valence electrons. The summed E-state index contributed by atoms with van der Waals surface area (Å²) in [6.07, 6.45) is 1.88. The minimum Gasteiger partial charge on any atom is -0.365 e. The van der Waals surface area contributed by atoms with E-state index in [-0.39, 0.29) is 11.8 Å². The molecule has 0 saturated carbocycles.